The fraction of sp³-hybridized carbons (Fsp3) is 1.00. The molecule has 3 saturated carbocycles. The second kappa shape index (κ2) is 4.11. The third kappa shape index (κ3) is 1.85. The zero-order valence-electron chi connectivity index (χ0n) is 10.3. The fourth-order valence-corrected chi connectivity index (χ4v) is 4.21. The summed E-state index contributed by atoms with van der Waals surface area (Å²) in [5.74, 6) is 5.81. The summed E-state index contributed by atoms with van der Waals surface area (Å²) in [6.45, 7) is 2.34. The number of rotatable bonds is 4. The molecular weight excluding hydrogens is 180 g/mol. The summed E-state index contributed by atoms with van der Waals surface area (Å²) in [4.78, 5) is 0. The molecule has 0 bridgehead atoms. The van der Waals surface area contributed by atoms with Crippen molar-refractivity contribution < 1.29 is 0 Å². The minimum atomic E-state index is 1.13. The molecule has 3 aliphatic carbocycles. The van der Waals surface area contributed by atoms with E-state index in [1.165, 1.54) is 37.0 Å². The standard InChI is InChI=1S/C15H26/c1-2-4-11-7-13(8-11)15-9-14(10-15)12-5-3-6-12/h11-15H,2-10H2,1H3. The molecule has 0 amide bonds. The van der Waals surface area contributed by atoms with Gasteiger partial charge in [-0.15, -0.1) is 0 Å². The van der Waals surface area contributed by atoms with E-state index in [-0.39, 0.29) is 0 Å². The first-order chi connectivity index (χ1) is 7.36. The first-order valence-electron chi connectivity index (χ1n) is 7.36. The Balaban J connectivity index is 1.34. The van der Waals surface area contributed by atoms with Crippen molar-refractivity contribution in [3.8, 4) is 0 Å². The van der Waals surface area contributed by atoms with Crippen LogP contribution in [0.15, 0.2) is 0 Å². The molecule has 0 atom stereocenters. The Morgan fingerprint density at radius 3 is 1.93 bits per heavy atom. The summed E-state index contributed by atoms with van der Waals surface area (Å²) in [6.07, 6.45) is 14.0. The van der Waals surface area contributed by atoms with E-state index in [9.17, 15) is 0 Å². The van der Waals surface area contributed by atoms with Crippen LogP contribution in [0.5, 0.6) is 0 Å². The van der Waals surface area contributed by atoms with E-state index in [1.807, 2.05) is 0 Å². The van der Waals surface area contributed by atoms with Gasteiger partial charge >= 0.3 is 0 Å². The van der Waals surface area contributed by atoms with E-state index in [0.29, 0.717) is 0 Å². The fourth-order valence-electron chi connectivity index (χ4n) is 4.21. The normalized spacial score (nSPS) is 45.4. The highest BCUT2D eigenvalue weighted by atomic mass is 14.5. The molecule has 0 unspecified atom stereocenters. The summed E-state index contributed by atoms with van der Waals surface area (Å²) < 4.78 is 0. The van der Waals surface area contributed by atoms with E-state index in [2.05, 4.69) is 6.92 Å². The average molecular weight is 206 g/mol. The minimum Gasteiger partial charge on any atom is -0.0654 e. The van der Waals surface area contributed by atoms with Crippen molar-refractivity contribution in [1.29, 1.82) is 0 Å². The lowest BCUT2D eigenvalue weighted by Gasteiger charge is -2.51. The van der Waals surface area contributed by atoms with Crippen molar-refractivity contribution in [2.75, 3.05) is 0 Å². The van der Waals surface area contributed by atoms with Gasteiger partial charge < -0.3 is 0 Å². The molecule has 0 heteroatoms. The van der Waals surface area contributed by atoms with Crippen LogP contribution in [-0.2, 0) is 0 Å². The van der Waals surface area contributed by atoms with E-state index < -0.39 is 0 Å². The lowest BCUT2D eigenvalue weighted by atomic mass is 9.54. The predicted molar refractivity (Wildman–Crippen MR) is 64.7 cm³/mol. The van der Waals surface area contributed by atoms with Crippen LogP contribution in [0.1, 0.15) is 64.7 Å². The zero-order chi connectivity index (χ0) is 10.3. The van der Waals surface area contributed by atoms with Crippen LogP contribution in [0, 0.1) is 29.6 Å². The summed E-state index contributed by atoms with van der Waals surface area (Å²) in [7, 11) is 0. The van der Waals surface area contributed by atoms with E-state index in [1.54, 1.807) is 38.5 Å². The molecule has 0 aromatic heterocycles. The molecule has 0 aliphatic heterocycles. The lowest BCUT2D eigenvalue weighted by molar-refractivity contribution is -0.00764. The first kappa shape index (κ1) is 10.2. The molecule has 0 nitrogen and oxygen atoms in total. The molecule has 3 fully saturated rings. The molecule has 3 rings (SSSR count). The monoisotopic (exact) mass is 206 g/mol. The van der Waals surface area contributed by atoms with Gasteiger partial charge in [-0.1, -0.05) is 39.0 Å². The SMILES string of the molecule is CCCC1CC(C2CC(C3CCC3)C2)C1. The average Bonchev–Trinajstić information content (AvgIpc) is 2.00. The molecule has 0 saturated heterocycles. The predicted octanol–water partition coefficient (Wildman–Crippen LogP) is 4.64. The van der Waals surface area contributed by atoms with Crippen LogP contribution in [0.2, 0.25) is 0 Å². The van der Waals surface area contributed by atoms with Gasteiger partial charge in [0.05, 0.1) is 0 Å². The Kier molecular flexibility index (Phi) is 2.79. The lowest BCUT2D eigenvalue weighted by Crippen LogP contribution is -2.41. The van der Waals surface area contributed by atoms with Crippen molar-refractivity contribution in [1.82, 2.24) is 0 Å². The van der Waals surface area contributed by atoms with E-state index in [4.69, 9.17) is 0 Å². The highest BCUT2D eigenvalue weighted by molar-refractivity contribution is 4.94. The Morgan fingerprint density at radius 2 is 1.40 bits per heavy atom. The van der Waals surface area contributed by atoms with Crippen molar-refractivity contribution in [2.45, 2.75) is 64.7 Å². The second-order valence-corrected chi connectivity index (χ2v) is 6.57. The highest BCUT2D eigenvalue weighted by Crippen LogP contribution is 2.54. The van der Waals surface area contributed by atoms with Gasteiger partial charge in [-0.3, -0.25) is 0 Å². The van der Waals surface area contributed by atoms with Gasteiger partial charge in [-0.25, -0.2) is 0 Å². The molecule has 3 aliphatic rings. The summed E-state index contributed by atoms with van der Waals surface area (Å²) in [6, 6.07) is 0. The Morgan fingerprint density at radius 1 is 0.800 bits per heavy atom. The molecule has 0 N–H and O–H groups in total. The molecule has 0 aromatic carbocycles. The largest absolute Gasteiger partial charge is 0.0654 e. The minimum absolute atomic E-state index is 1.13. The number of hydrogen-bond donors (Lipinski definition) is 0. The highest BCUT2D eigenvalue weighted by Gasteiger charge is 2.44. The van der Waals surface area contributed by atoms with Crippen LogP contribution >= 0.6 is 0 Å². The molecule has 86 valence electrons. The first-order valence-corrected chi connectivity index (χ1v) is 7.36. The molecule has 0 heterocycles. The van der Waals surface area contributed by atoms with Crippen molar-refractivity contribution in [2.24, 2.45) is 29.6 Å². The van der Waals surface area contributed by atoms with Crippen LogP contribution in [0.3, 0.4) is 0 Å². The van der Waals surface area contributed by atoms with Gasteiger partial charge in [-0.2, -0.15) is 0 Å². The van der Waals surface area contributed by atoms with E-state index >= 15 is 0 Å². The van der Waals surface area contributed by atoms with Gasteiger partial charge in [0.2, 0.25) is 0 Å². The summed E-state index contributed by atoms with van der Waals surface area (Å²) in [5, 5.41) is 0. The Bertz CT molecular complexity index is 204. The van der Waals surface area contributed by atoms with Crippen LogP contribution < -0.4 is 0 Å². The Hall–Kier alpha value is 0. The van der Waals surface area contributed by atoms with Crippen LogP contribution in [0.4, 0.5) is 0 Å². The van der Waals surface area contributed by atoms with Crippen molar-refractivity contribution in [3.63, 3.8) is 0 Å². The maximum Gasteiger partial charge on any atom is -0.0380 e. The topological polar surface area (TPSA) is 0 Å². The zero-order valence-corrected chi connectivity index (χ0v) is 10.3. The second-order valence-electron chi connectivity index (χ2n) is 6.57. The van der Waals surface area contributed by atoms with Gasteiger partial charge in [0, 0.05) is 0 Å². The van der Waals surface area contributed by atoms with E-state index in [0.717, 1.165) is 11.8 Å². The quantitative estimate of drug-likeness (QED) is 0.628. The van der Waals surface area contributed by atoms with Gasteiger partial charge in [0.25, 0.3) is 0 Å². The Labute approximate surface area is 94.8 Å². The molecule has 0 aromatic rings. The molecule has 0 spiro atoms. The van der Waals surface area contributed by atoms with Gasteiger partial charge in [0.1, 0.15) is 0 Å². The summed E-state index contributed by atoms with van der Waals surface area (Å²) >= 11 is 0. The number of hydrogen-bond acceptors (Lipinski definition) is 0. The molecule has 15 heavy (non-hydrogen) atoms. The van der Waals surface area contributed by atoms with Crippen LogP contribution in [0.25, 0.3) is 0 Å². The third-order valence-corrected chi connectivity index (χ3v) is 5.66. The van der Waals surface area contributed by atoms with Gasteiger partial charge in [0.15, 0.2) is 0 Å². The molecule has 0 radical (unpaired) electrons. The maximum atomic E-state index is 2.34. The van der Waals surface area contributed by atoms with Crippen LogP contribution in [-0.4, -0.2) is 0 Å². The van der Waals surface area contributed by atoms with Gasteiger partial charge in [-0.05, 0) is 55.3 Å². The van der Waals surface area contributed by atoms with Crippen molar-refractivity contribution in [3.05, 3.63) is 0 Å². The smallest absolute Gasteiger partial charge is 0.0380 e. The molecular formula is C15H26. The third-order valence-electron chi connectivity index (χ3n) is 5.66. The maximum absolute atomic E-state index is 2.34. The van der Waals surface area contributed by atoms with Crippen molar-refractivity contribution >= 4 is 0 Å². The summed E-state index contributed by atoms with van der Waals surface area (Å²) in [5.41, 5.74) is 0.